The van der Waals surface area contributed by atoms with Gasteiger partial charge in [0.15, 0.2) is 0 Å². The van der Waals surface area contributed by atoms with Crippen LogP contribution < -0.4 is 15.4 Å². The lowest BCUT2D eigenvalue weighted by molar-refractivity contribution is -0.0433. The first-order valence-corrected chi connectivity index (χ1v) is 10.2. The number of carbonyl (C=O) groups is 1. The molecule has 3 rings (SSSR count). The van der Waals surface area contributed by atoms with Gasteiger partial charge in [-0.1, -0.05) is 36.4 Å². The van der Waals surface area contributed by atoms with Gasteiger partial charge in [-0.3, -0.25) is 0 Å². The first-order chi connectivity index (χ1) is 14.0. The van der Waals surface area contributed by atoms with Gasteiger partial charge in [0.25, 0.3) is 0 Å². The summed E-state index contributed by atoms with van der Waals surface area (Å²) in [5.41, 5.74) is 0.676. The summed E-state index contributed by atoms with van der Waals surface area (Å²) in [4.78, 5) is 10.8. The zero-order chi connectivity index (χ0) is 20.7. The Labute approximate surface area is 171 Å². The van der Waals surface area contributed by atoms with E-state index in [0.717, 1.165) is 42.8 Å². The Morgan fingerprint density at radius 2 is 1.93 bits per heavy atom. The van der Waals surface area contributed by atoms with Crippen molar-refractivity contribution < 1.29 is 19.7 Å². The molecule has 1 aliphatic heterocycles. The molecule has 0 spiro atoms. The van der Waals surface area contributed by atoms with Crippen molar-refractivity contribution in [2.75, 3.05) is 19.6 Å². The van der Waals surface area contributed by atoms with E-state index in [2.05, 4.69) is 10.6 Å². The summed E-state index contributed by atoms with van der Waals surface area (Å²) in [7, 11) is 0. The number of para-hydroxylation sites is 2. The van der Waals surface area contributed by atoms with E-state index in [4.69, 9.17) is 9.84 Å². The lowest BCUT2D eigenvalue weighted by Gasteiger charge is -2.40. The molecular weight excluding hydrogens is 368 g/mol. The van der Waals surface area contributed by atoms with E-state index in [0.29, 0.717) is 25.1 Å². The second kappa shape index (κ2) is 9.76. The summed E-state index contributed by atoms with van der Waals surface area (Å²) < 4.78 is 6.23. The molecule has 2 aromatic carbocycles. The Bertz CT molecular complexity index is 820. The number of aliphatic hydroxyl groups is 1. The van der Waals surface area contributed by atoms with Crippen LogP contribution in [0, 0.1) is 12.8 Å². The monoisotopic (exact) mass is 398 g/mol. The van der Waals surface area contributed by atoms with Crippen LogP contribution in [0.1, 0.15) is 36.8 Å². The van der Waals surface area contributed by atoms with Crippen molar-refractivity contribution in [3.05, 3.63) is 59.7 Å². The smallest absolute Gasteiger partial charge is 0.404 e. The van der Waals surface area contributed by atoms with Crippen LogP contribution in [0.4, 0.5) is 4.79 Å². The van der Waals surface area contributed by atoms with Gasteiger partial charge in [-0.25, -0.2) is 4.79 Å². The molecular formula is C23H30N2O4. The number of amides is 1. The third-order valence-corrected chi connectivity index (χ3v) is 5.65. The van der Waals surface area contributed by atoms with Crippen molar-refractivity contribution in [1.82, 2.24) is 10.6 Å². The maximum Gasteiger partial charge on any atom is 0.404 e. The Balaban J connectivity index is 1.90. The molecule has 6 heteroatoms. The summed E-state index contributed by atoms with van der Waals surface area (Å²) in [6.07, 6.45) is 1.86. The number of hydrogen-bond acceptors (Lipinski definition) is 4. The van der Waals surface area contributed by atoms with Crippen LogP contribution in [-0.4, -0.2) is 35.9 Å². The van der Waals surface area contributed by atoms with Crippen LogP contribution in [-0.2, 0) is 5.60 Å². The zero-order valence-corrected chi connectivity index (χ0v) is 16.9. The summed E-state index contributed by atoms with van der Waals surface area (Å²) in [5, 5.41) is 26.5. The number of hydrogen-bond donors (Lipinski definition) is 4. The standard InChI is InChI=1S/C23H30N2O4/c1-17-8-2-4-11-20(17)29-21-12-5-3-10-19(21)23(28,13-7-15-25-22(26)27)18-9-6-14-24-16-18/h2-5,8,10-12,18,24-25,28H,6-7,9,13-16H2,1H3,(H,26,27)/t18-,23+/m1/s1. The normalized spacial score (nSPS) is 18.6. The van der Waals surface area contributed by atoms with E-state index in [1.165, 1.54) is 0 Å². The quantitative estimate of drug-likeness (QED) is 0.504. The minimum atomic E-state index is -1.10. The maximum absolute atomic E-state index is 11.9. The van der Waals surface area contributed by atoms with Gasteiger partial charge in [0.1, 0.15) is 11.5 Å². The number of aryl methyl sites for hydroxylation is 1. The highest BCUT2D eigenvalue weighted by Gasteiger charge is 2.40. The van der Waals surface area contributed by atoms with Gasteiger partial charge in [-0.15, -0.1) is 0 Å². The number of carboxylic acid groups (broad SMARTS) is 1. The third-order valence-electron chi connectivity index (χ3n) is 5.65. The molecule has 4 N–H and O–H groups in total. The van der Waals surface area contributed by atoms with Crippen molar-refractivity contribution in [1.29, 1.82) is 0 Å². The number of nitrogens with one attached hydrogen (secondary N) is 2. The molecule has 1 heterocycles. The van der Waals surface area contributed by atoms with Crippen molar-refractivity contribution in [2.24, 2.45) is 5.92 Å². The lowest BCUT2D eigenvalue weighted by Crippen LogP contribution is -2.44. The fourth-order valence-corrected chi connectivity index (χ4v) is 4.07. The van der Waals surface area contributed by atoms with Gasteiger partial charge in [0.05, 0.1) is 5.60 Å². The van der Waals surface area contributed by atoms with Crippen LogP contribution in [0.15, 0.2) is 48.5 Å². The molecule has 0 aliphatic carbocycles. The molecule has 0 bridgehead atoms. The molecule has 0 saturated carbocycles. The van der Waals surface area contributed by atoms with E-state index in [-0.39, 0.29) is 5.92 Å². The summed E-state index contributed by atoms with van der Waals surface area (Å²) in [6.45, 7) is 3.97. The van der Waals surface area contributed by atoms with E-state index in [1.807, 2.05) is 55.5 Å². The lowest BCUT2D eigenvalue weighted by atomic mass is 9.74. The molecule has 1 amide bonds. The van der Waals surface area contributed by atoms with Crippen LogP contribution in [0.2, 0.25) is 0 Å². The van der Waals surface area contributed by atoms with Crippen molar-refractivity contribution >= 4 is 6.09 Å². The SMILES string of the molecule is Cc1ccccc1Oc1ccccc1[C@](O)(CCCNC(=O)O)[C@@H]1CCCNC1. The molecule has 29 heavy (non-hydrogen) atoms. The second-order valence-corrected chi connectivity index (χ2v) is 7.67. The largest absolute Gasteiger partial charge is 0.465 e. The minimum Gasteiger partial charge on any atom is -0.465 e. The van der Waals surface area contributed by atoms with Gasteiger partial charge >= 0.3 is 6.09 Å². The highest BCUT2D eigenvalue weighted by Crippen LogP contribution is 2.43. The third kappa shape index (κ3) is 5.28. The van der Waals surface area contributed by atoms with Crippen LogP contribution in [0.25, 0.3) is 0 Å². The molecule has 1 aliphatic rings. The average Bonchev–Trinajstić information content (AvgIpc) is 2.73. The zero-order valence-electron chi connectivity index (χ0n) is 16.9. The summed E-state index contributed by atoms with van der Waals surface area (Å²) in [5.74, 6) is 1.43. The molecule has 6 nitrogen and oxygen atoms in total. The molecule has 0 radical (unpaired) electrons. The topological polar surface area (TPSA) is 90.8 Å². The van der Waals surface area contributed by atoms with Crippen LogP contribution in [0.3, 0.4) is 0 Å². The molecule has 0 aromatic heterocycles. The van der Waals surface area contributed by atoms with Gasteiger partial charge in [-0.05, 0) is 56.8 Å². The Hall–Kier alpha value is -2.57. The van der Waals surface area contributed by atoms with E-state index in [9.17, 15) is 9.90 Å². The first kappa shape index (κ1) is 21.1. The Morgan fingerprint density at radius 3 is 2.62 bits per heavy atom. The number of benzene rings is 2. The van der Waals surface area contributed by atoms with E-state index < -0.39 is 11.7 Å². The van der Waals surface area contributed by atoms with Gasteiger partial charge in [0.2, 0.25) is 0 Å². The van der Waals surface area contributed by atoms with E-state index >= 15 is 0 Å². The number of piperidine rings is 1. The molecule has 1 saturated heterocycles. The maximum atomic E-state index is 11.9. The summed E-state index contributed by atoms with van der Waals surface area (Å²) in [6, 6.07) is 15.4. The summed E-state index contributed by atoms with van der Waals surface area (Å²) >= 11 is 0. The first-order valence-electron chi connectivity index (χ1n) is 10.2. The molecule has 2 aromatic rings. The predicted octanol–water partition coefficient (Wildman–Crippen LogP) is 4.02. The van der Waals surface area contributed by atoms with Gasteiger partial charge in [-0.2, -0.15) is 0 Å². The molecule has 0 unspecified atom stereocenters. The minimum absolute atomic E-state index is 0.0303. The fraction of sp³-hybridized carbons (Fsp3) is 0.435. The van der Waals surface area contributed by atoms with Crippen molar-refractivity contribution in [3.63, 3.8) is 0 Å². The predicted molar refractivity (Wildman–Crippen MR) is 112 cm³/mol. The Morgan fingerprint density at radius 1 is 1.21 bits per heavy atom. The van der Waals surface area contributed by atoms with Crippen molar-refractivity contribution in [2.45, 2.75) is 38.2 Å². The van der Waals surface area contributed by atoms with Gasteiger partial charge < -0.3 is 25.6 Å². The van der Waals surface area contributed by atoms with E-state index in [1.54, 1.807) is 0 Å². The van der Waals surface area contributed by atoms with Crippen LogP contribution >= 0.6 is 0 Å². The molecule has 1 fully saturated rings. The van der Waals surface area contributed by atoms with Gasteiger partial charge in [0, 0.05) is 24.6 Å². The van der Waals surface area contributed by atoms with Crippen LogP contribution in [0.5, 0.6) is 11.5 Å². The fourth-order valence-electron chi connectivity index (χ4n) is 4.07. The number of ether oxygens (including phenoxy) is 1. The molecule has 156 valence electrons. The number of rotatable bonds is 8. The molecule has 2 atom stereocenters. The Kier molecular flexibility index (Phi) is 7.12. The second-order valence-electron chi connectivity index (χ2n) is 7.67. The average molecular weight is 399 g/mol. The highest BCUT2D eigenvalue weighted by atomic mass is 16.5. The highest BCUT2D eigenvalue weighted by molar-refractivity contribution is 5.64. The van der Waals surface area contributed by atoms with Crippen molar-refractivity contribution in [3.8, 4) is 11.5 Å².